The third kappa shape index (κ3) is 2.13. The number of nitrogens with zero attached hydrogens (tertiary/aromatic N) is 1. The van der Waals surface area contributed by atoms with Crippen LogP contribution in [0.25, 0.3) is 0 Å². The largest absolute Gasteiger partial charge is 0.433 e. The maximum atomic E-state index is 5.85. The molecule has 0 radical (unpaired) electrons. The van der Waals surface area contributed by atoms with E-state index in [9.17, 15) is 0 Å². The summed E-state index contributed by atoms with van der Waals surface area (Å²) in [4.78, 5) is 0. The molecule has 15 heavy (non-hydrogen) atoms. The maximum Gasteiger partial charge on any atom is 0.433 e. The van der Waals surface area contributed by atoms with Crippen LogP contribution < -0.4 is 0 Å². The molecule has 0 aromatic carbocycles. The van der Waals surface area contributed by atoms with Gasteiger partial charge in [0.2, 0.25) is 0 Å². The van der Waals surface area contributed by atoms with Crippen LogP contribution in [0.2, 0.25) is 5.04 Å². The number of hydrogen-bond acceptors (Lipinski definition) is 3. The molecule has 0 bridgehead atoms. The molecule has 0 saturated carbocycles. The van der Waals surface area contributed by atoms with Gasteiger partial charge in [0, 0.05) is 25.3 Å². The summed E-state index contributed by atoms with van der Waals surface area (Å²) in [6.45, 7) is 10.1. The Balaban J connectivity index is 2.99. The molecule has 1 fully saturated rings. The molecule has 0 spiro atoms. The topological polar surface area (TPSA) is 21.7 Å². The van der Waals surface area contributed by atoms with Gasteiger partial charge < -0.3 is 8.85 Å². The smallest absolute Gasteiger partial charge is 0.386 e. The Kier molecular flexibility index (Phi) is 3.98. The summed E-state index contributed by atoms with van der Waals surface area (Å²) >= 11 is 0. The van der Waals surface area contributed by atoms with Gasteiger partial charge >= 0.3 is 8.72 Å². The minimum Gasteiger partial charge on any atom is -0.386 e. The SMILES string of the molecule is CO[Si](OC)(N1CCCC1C)C(C)(C)C. The van der Waals surface area contributed by atoms with E-state index in [2.05, 4.69) is 32.3 Å². The first-order valence-electron chi connectivity index (χ1n) is 5.76. The van der Waals surface area contributed by atoms with Crippen molar-refractivity contribution in [1.82, 2.24) is 4.57 Å². The second kappa shape index (κ2) is 4.53. The zero-order valence-electron chi connectivity index (χ0n) is 11.0. The quantitative estimate of drug-likeness (QED) is 0.697. The minimum absolute atomic E-state index is 0.0785. The van der Waals surface area contributed by atoms with Crippen molar-refractivity contribution in [2.75, 3.05) is 20.8 Å². The zero-order chi connectivity index (χ0) is 11.7. The molecule has 1 atom stereocenters. The third-order valence-corrected chi connectivity index (χ3v) is 7.86. The van der Waals surface area contributed by atoms with Crippen molar-refractivity contribution < 1.29 is 8.85 Å². The summed E-state index contributed by atoms with van der Waals surface area (Å²) < 4.78 is 14.2. The highest BCUT2D eigenvalue weighted by Crippen LogP contribution is 2.42. The van der Waals surface area contributed by atoms with Gasteiger partial charge in [-0.3, -0.25) is 4.57 Å². The molecule has 3 nitrogen and oxygen atoms in total. The Bertz CT molecular complexity index is 211. The van der Waals surface area contributed by atoms with E-state index in [4.69, 9.17) is 8.85 Å². The van der Waals surface area contributed by atoms with Crippen molar-refractivity contribution in [3.8, 4) is 0 Å². The molecule has 90 valence electrons. The van der Waals surface area contributed by atoms with Gasteiger partial charge in [0.05, 0.1) is 0 Å². The fourth-order valence-electron chi connectivity index (χ4n) is 2.73. The highest BCUT2D eigenvalue weighted by Gasteiger charge is 2.56. The fraction of sp³-hybridized carbons (Fsp3) is 1.00. The molecule has 4 heteroatoms. The number of rotatable bonds is 3. The van der Waals surface area contributed by atoms with Gasteiger partial charge in [-0.2, -0.15) is 0 Å². The number of hydrogen-bond donors (Lipinski definition) is 0. The molecule has 1 heterocycles. The van der Waals surface area contributed by atoms with E-state index < -0.39 is 8.72 Å². The normalized spacial score (nSPS) is 24.8. The molecule has 1 aliphatic heterocycles. The first-order chi connectivity index (χ1) is 6.89. The molecule has 0 amide bonds. The molecule has 1 saturated heterocycles. The maximum absolute atomic E-state index is 5.85. The summed E-state index contributed by atoms with van der Waals surface area (Å²) in [5, 5.41) is 0.0785. The molecular formula is C11H25NO2Si. The highest BCUT2D eigenvalue weighted by molar-refractivity contribution is 6.67. The second-order valence-corrected chi connectivity index (χ2v) is 9.48. The monoisotopic (exact) mass is 231 g/mol. The van der Waals surface area contributed by atoms with Crippen LogP contribution in [-0.4, -0.2) is 40.1 Å². The van der Waals surface area contributed by atoms with Gasteiger partial charge in [-0.25, -0.2) is 0 Å². The highest BCUT2D eigenvalue weighted by atomic mass is 28.4. The Labute approximate surface area is 95.1 Å². The minimum atomic E-state index is -2.24. The van der Waals surface area contributed by atoms with E-state index in [1.54, 1.807) is 14.2 Å². The van der Waals surface area contributed by atoms with Gasteiger partial charge in [0.15, 0.2) is 0 Å². The third-order valence-electron chi connectivity index (χ3n) is 3.43. The van der Waals surface area contributed by atoms with Crippen molar-refractivity contribution in [2.24, 2.45) is 0 Å². The molecule has 1 aliphatic rings. The Morgan fingerprint density at radius 1 is 1.20 bits per heavy atom. The fourth-order valence-corrected chi connectivity index (χ4v) is 6.62. The summed E-state index contributed by atoms with van der Waals surface area (Å²) in [7, 11) is 1.35. The summed E-state index contributed by atoms with van der Waals surface area (Å²) in [5.41, 5.74) is 0. The molecular weight excluding hydrogens is 206 g/mol. The van der Waals surface area contributed by atoms with Gasteiger partial charge in [-0.1, -0.05) is 27.7 Å². The summed E-state index contributed by atoms with van der Waals surface area (Å²) in [6, 6.07) is 0.593. The predicted molar refractivity (Wildman–Crippen MR) is 64.9 cm³/mol. The van der Waals surface area contributed by atoms with Crippen LogP contribution in [0.3, 0.4) is 0 Å². The van der Waals surface area contributed by atoms with Crippen LogP contribution in [0.5, 0.6) is 0 Å². The molecule has 0 aliphatic carbocycles. The summed E-state index contributed by atoms with van der Waals surface area (Å²) in [5.74, 6) is 0. The Hall–Kier alpha value is 0.0969. The van der Waals surface area contributed by atoms with Crippen molar-refractivity contribution in [3.63, 3.8) is 0 Å². The summed E-state index contributed by atoms with van der Waals surface area (Å²) in [6.07, 6.45) is 2.52. The molecule has 0 N–H and O–H groups in total. The lowest BCUT2D eigenvalue weighted by Crippen LogP contribution is -2.64. The van der Waals surface area contributed by atoms with E-state index in [-0.39, 0.29) is 5.04 Å². The average Bonchev–Trinajstić information content (AvgIpc) is 2.53. The van der Waals surface area contributed by atoms with Crippen LogP contribution in [-0.2, 0) is 8.85 Å². The van der Waals surface area contributed by atoms with Gasteiger partial charge in [-0.15, -0.1) is 0 Å². The van der Waals surface area contributed by atoms with E-state index >= 15 is 0 Å². The Morgan fingerprint density at radius 2 is 1.73 bits per heavy atom. The second-order valence-electron chi connectivity index (χ2n) is 5.42. The van der Waals surface area contributed by atoms with Crippen molar-refractivity contribution in [2.45, 2.75) is 51.6 Å². The molecule has 0 aromatic heterocycles. The predicted octanol–water partition coefficient (Wildman–Crippen LogP) is 2.50. The van der Waals surface area contributed by atoms with E-state index in [1.165, 1.54) is 12.8 Å². The van der Waals surface area contributed by atoms with Crippen molar-refractivity contribution in [3.05, 3.63) is 0 Å². The lowest BCUT2D eigenvalue weighted by Gasteiger charge is -2.46. The molecule has 0 aromatic rings. The average molecular weight is 231 g/mol. The zero-order valence-corrected chi connectivity index (χ0v) is 12.0. The first-order valence-corrected chi connectivity index (χ1v) is 7.52. The van der Waals surface area contributed by atoms with Crippen molar-refractivity contribution >= 4 is 8.72 Å². The Morgan fingerprint density at radius 3 is 2.00 bits per heavy atom. The standard InChI is InChI=1S/C11H25NO2Si/c1-10-8-7-9-12(10)15(13-5,14-6)11(2,3)4/h10H,7-9H2,1-6H3. The van der Waals surface area contributed by atoms with Gasteiger partial charge in [-0.05, 0) is 19.4 Å². The molecule has 1 rings (SSSR count). The lowest BCUT2D eigenvalue weighted by atomic mass is 10.2. The first kappa shape index (κ1) is 13.2. The van der Waals surface area contributed by atoms with E-state index in [0.29, 0.717) is 6.04 Å². The van der Waals surface area contributed by atoms with Crippen molar-refractivity contribution in [1.29, 1.82) is 0 Å². The molecule has 1 unspecified atom stereocenters. The van der Waals surface area contributed by atoms with Crippen LogP contribution in [0.15, 0.2) is 0 Å². The van der Waals surface area contributed by atoms with Crippen LogP contribution >= 0.6 is 0 Å². The van der Waals surface area contributed by atoms with Crippen LogP contribution in [0.4, 0.5) is 0 Å². The van der Waals surface area contributed by atoms with Crippen LogP contribution in [0, 0.1) is 0 Å². The van der Waals surface area contributed by atoms with Gasteiger partial charge in [0.25, 0.3) is 0 Å². The van der Waals surface area contributed by atoms with Gasteiger partial charge in [0.1, 0.15) is 0 Å². The lowest BCUT2D eigenvalue weighted by molar-refractivity contribution is 0.133. The van der Waals surface area contributed by atoms with E-state index in [1.807, 2.05) is 0 Å². The van der Waals surface area contributed by atoms with Crippen LogP contribution in [0.1, 0.15) is 40.5 Å². The van der Waals surface area contributed by atoms with E-state index in [0.717, 1.165) is 6.54 Å².